The fourth-order valence-corrected chi connectivity index (χ4v) is 2.67. The average molecular weight is 291 g/mol. The molecule has 21 heavy (non-hydrogen) atoms. The molecule has 0 bridgehead atoms. The van der Waals surface area contributed by atoms with E-state index in [1.54, 1.807) is 14.0 Å². The third-order valence-corrected chi connectivity index (χ3v) is 3.83. The second-order valence-corrected chi connectivity index (χ2v) is 5.71. The van der Waals surface area contributed by atoms with Gasteiger partial charge in [-0.3, -0.25) is 4.79 Å². The number of carbonyl (C=O) groups excluding carboxylic acids is 1. The lowest BCUT2D eigenvalue weighted by Gasteiger charge is -2.19. The summed E-state index contributed by atoms with van der Waals surface area (Å²) in [4.78, 5) is 10.8. The predicted octanol–water partition coefficient (Wildman–Crippen LogP) is 4.24. The summed E-state index contributed by atoms with van der Waals surface area (Å²) in [6, 6.07) is 8.40. The van der Waals surface area contributed by atoms with Crippen LogP contribution in [0.15, 0.2) is 24.3 Å². The van der Waals surface area contributed by atoms with Crippen LogP contribution in [0.25, 0.3) is 0 Å². The third-order valence-electron chi connectivity index (χ3n) is 3.83. The molecule has 1 aromatic rings. The molecule has 1 aliphatic rings. The van der Waals surface area contributed by atoms with Gasteiger partial charge >= 0.3 is 0 Å². The number of hydrogen-bond donors (Lipinski definition) is 1. The maximum atomic E-state index is 10.8. The maximum Gasteiger partial charge on any atom is 0.217 e. The van der Waals surface area contributed by atoms with Crippen molar-refractivity contribution < 1.29 is 9.53 Å². The topological polar surface area (TPSA) is 38.3 Å². The summed E-state index contributed by atoms with van der Waals surface area (Å²) in [6.45, 7) is 3.64. The zero-order valence-corrected chi connectivity index (χ0v) is 13.7. The van der Waals surface area contributed by atoms with Gasteiger partial charge in [-0.15, -0.1) is 0 Å². The molecule has 118 valence electrons. The largest absolute Gasteiger partial charge is 0.496 e. The highest BCUT2D eigenvalue weighted by molar-refractivity contribution is 5.73. The van der Waals surface area contributed by atoms with Crippen LogP contribution in [-0.4, -0.2) is 19.1 Å². The number of aryl methyl sites for hydroxylation is 1. The molecule has 1 N–H and O–H groups in total. The van der Waals surface area contributed by atoms with E-state index in [4.69, 9.17) is 4.74 Å². The Bertz CT molecular complexity index is 409. The van der Waals surface area contributed by atoms with Crippen LogP contribution in [0, 0.1) is 6.92 Å². The molecule has 0 aromatic heterocycles. The third kappa shape index (κ3) is 7.74. The first-order chi connectivity index (χ1) is 10.1. The van der Waals surface area contributed by atoms with Gasteiger partial charge in [0.25, 0.3) is 0 Å². The monoisotopic (exact) mass is 291 g/mol. The van der Waals surface area contributed by atoms with Crippen molar-refractivity contribution in [2.75, 3.05) is 7.11 Å². The van der Waals surface area contributed by atoms with E-state index in [2.05, 4.69) is 5.32 Å². The van der Waals surface area contributed by atoms with Crippen molar-refractivity contribution in [3.05, 3.63) is 29.8 Å². The van der Waals surface area contributed by atoms with Gasteiger partial charge in [-0.25, -0.2) is 0 Å². The Balaban J connectivity index is 0.000000219. The molecular weight excluding hydrogens is 262 g/mol. The van der Waals surface area contributed by atoms with E-state index in [1.807, 2.05) is 31.2 Å². The molecule has 0 aliphatic heterocycles. The standard InChI is InChI=1S/C10H19NO.C8H10O/c1-9(12)11-10-7-5-3-2-4-6-8-10;1-7-5-3-4-6-8(7)9-2/h10H,2-8H2,1H3,(H,11,12);3-6H,1-2H3. The van der Waals surface area contributed by atoms with Gasteiger partial charge in [0.15, 0.2) is 0 Å². The molecule has 0 spiro atoms. The van der Waals surface area contributed by atoms with Crippen LogP contribution in [-0.2, 0) is 4.79 Å². The van der Waals surface area contributed by atoms with E-state index in [1.165, 1.54) is 50.5 Å². The number of amides is 1. The zero-order valence-electron chi connectivity index (χ0n) is 13.7. The van der Waals surface area contributed by atoms with Gasteiger partial charge in [-0.1, -0.05) is 50.3 Å². The first kappa shape index (κ1) is 17.5. The molecule has 1 saturated carbocycles. The summed E-state index contributed by atoms with van der Waals surface area (Å²) in [6.07, 6.45) is 8.99. The highest BCUT2D eigenvalue weighted by Crippen LogP contribution is 2.17. The Labute approximate surface area is 129 Å². The van der Waals surface area contributed by atoms with E-state index in [-0.39, 0.29) is 5.91 Å². The van der Waals surface area contributed by atoms with Crippen LogP contribution in [0.5, 0.6) is 5.75 Å². The van der Waals surface area contributed by atoms with Gasteiger partial charge in [-0.05, 0) is 31.4 Å². The molecule has 0 saturated heterocycles. The van der Waals surface area contributed by atoms with Gasteiger partial charge in [0.1, 0.15) is 5.75 Å². The Morgan fingerprint density at radius 3 is 2.14 bits per heavy atom. The molecule has 3 nitrogen and oxygen atoms in total. The minimum Gasteiger partial charge on any atom is -0.496 e. The average Bonchev–Trinajstić information content (AvgIpc) is 2.43. The SMILES string of the molecule is CC(=O)NC1CCCCCCC1.COc1ccccc1C. The lowest BCUT2D eigenvalue weighted by molar-refractivity contribution is -0.119. The summed E-state index contributed by atoms with van der Waals surface area (Å²) in [5, 5.41) is 3.01. The fourth-order valence-electron chi connectivity index (χ4n) is 2.67. The molecule has 0 unspecified atom stereocenters. The van der Waals surface area contributed by atoms with E-state index in [9.17, 15) is 4.79 Å². The molecule has 0 heterocycles. The molecule has 0 radical (unpaired) electrons. The number of methoxy groups -OCH3 is 1. The van der Waals surface area contributed by atoms with E-state index in [0.29, 0.717) is 6.04 Å². The Morgan fingerprint density at radius 2 is 1.67 bits per heavy atom. The molecular formula is C18H29NO2. The van der Waals surface area contributed by atoms with Crippen LogP contribution in [0.4, 0.5) is 0 Å². The van der Waals surface area contributed by atoms with E-state index in [0.717, 1.165) is 5.75 Å². The minimum atomic E-state index is 0.126. The van der Waals surface area contributed by atoms with Crippen molar-refractivity contribution in [3.8, 4) is 5.75 Å². The van der Waals surface area contributed by atoms with Crippen molar-refractivity contribution in [2.45, 2.75) is 64.8 Å². The zero-order chi connectivity index (χ0) is 15.5. The van der Waals surface area contributed by atoms with Gasteiger partial charge in [-0.2, -0.15) is 0 Å². The molecule has 0 atom stereocenters. The predicted molar refractivity (Wildman–Crippen MR) is 87.7 cm³/mol. The Kier molecular flexibility index (Phi) is 8.56. The lowest BCUT2D eigenvalue weighted by atomic mass is 9.97. The summed E-state index contributed by atoms with van der Waals surface area (Å²) in [5.74, 6) is 1.08. The highest BCUT2D eigenvalue weighted by atomic mass is 16.5. The number of para-hydroxylation sites is 1. The normalized spacial score (nSPS) is 16.0. The maximum absolute atomic E-state index is 10.8. The first-order valence-corrected chi connectivity index (χ1v) is 8.00. The number of nitrogens with one attached hydrogen (secondary N) is 1. The fraction of sp³-hybridized carbons (Fsp3) is 0.611. The van der Waals surface area contributed by atoms with Crippen LogP contribution in [0.3, 0.4) is 0 Å². The lowest BCUT2D eigenvalue weighted by Crippen LogP contribution is -2.33. The molecule has 2 rings (SSSR count). The molecule has 1 aliphatic carbocycles. The van der Waals surface area contributed by atoms with E-state index < -0.39 is 0 Å². The first-order valence-electron chi connectivity index (χ1n) is 8.00. The Morgan fingerprint density at radius 1 is 1.10 bits per heavy atom. The summed E-state index contributed by atoms with van der Waals surface area (Å²) in [7, 11) is 1.68. The summed E-state index contributed by atoms with van der Waals surface area (Å²) < 4.78 is 5.04. The van der Waals surface area contributed by atoms with Crippen molar-refractivity contribution in [1.29, 1.82) is 0 Å². The molecule has 1 aromatic carbocycles. The van der Waals surface area contributed by atoms with Crippen molar-refractivity contribution in [1.82, 2.24) is 5.32 Å². The summed E-state index contributed by atoms with van der Waals surface area (Å²) in [5.41, 5.74) is 1.18. The smallest absolute Gasteiger partial charge is 0.217 e. The molecule has 3 heteroatoms. The number of hydrogen-bond acceptors (Lipinski definition) is 2. The van der Waals surface area contributed by atoms with Crippen LogP contribution in [0.1, 0.15) is 57.4 Å². The van der Waals surface area contributed by atoms with Crippen LogP contribution < -0.4 is 10.1 Å². The Hall–Kier alpha value is -1.51. The van der Waals surface area contributed by atoms with Crippen LogP contribution in [0.2, 0.25) is 0 Å². The second kappa shape index (κ2) is 10.3. The quantitative estimate of drug-likeness (QED) is 0.885. The van der Waals surface area contributed by atoms with Crippen molar-refractivity contribution in [2.24, 2.45) is 0 Å². The second-order valence-electron chi connectivity index (χ2n) is 5.71. The molecule has 1 amide bonds. The van der Waals surface area contributed by atoms with Gasteiger partial charge in [0, 0.05) is 13.0 Å². The van der Waals surface area contributed by atoms with Crippen molar-refractivity contribution >= 4 is 5.91 Å². The number of carbonyl (C=O) groups is 1. The molecule has 1 fully saturated rings. The number of ether oxygens (including phenoxy) is 1. The highest BCUT2D eigenvalue weighted by Gasteiger charge is 2.11. The number of rotatable bonds is 2. The van der Waals surface area contributed by atoms with Crippen molar-refractivity contribution in [3.63, 3.8) is 0 Å². The van der Waals surface area contributed by atoms with Gasteiger partial charge in [0.2, 0.25) is 5.91 Å². The van der Waals surface area contributed by atoms with Crippen LogP contribution >= 0.6 is 0 Å². The number of benzene rings is 1. The van der Waals surface area contributed by atoms with Gasteiger partial charge < -0.3 is 10.1 Å². The summed E-state index contributed by atoms with van der Waals surface area (Å²) >= 11 is 0. The minimum absolute atomic E-state index is 0.126. The van der Waals surface area contributed by atoms with E-state index >= 15 is 0 Å². The van der Waals surface area contributed by atoms with Gasteiger partial charge in [0.05, 0.1) is 7.11 Å².